The summed E-state index contributed by atoms with van der Waals surface area (Å²) in [5.74, 6) is 0.451. The fraction of sp³-hybridized carbons (Fsp3) is 0.190. The molecule has 4 rings (SSSR count). The SMILES string of the molecule is CCOc1cccn2c(C(=O)Nc3cccc4cccnc34)c(CC)nc12. The number of hydrogen-bond acceptors (Lipinski definition) is 4. The third kappa shape index (κ3) is 2.99. The molecular formula is C21H20N4O2. The summed E-state index contributed by atoms with van der Waals surface area (Å²) in [5, 5.41) is 3.98. The van der Waals surface area contributed by atoms with E-state index in [2.05, 4.69) is 15.3 Å². The maximum atomic E-state index is 13.1. The molecule has 0 saturated heterocycles. The molecule has 0 unspecified atom stereocenters. The number of nitrogens with zero attached hydrogens (tertiary/aromatic N) is 3. The van der Waals surface area contributed by atoms with E-state index in [1.165, 1.54) is 0 Å². The summed E-state index contributed by atoms with van der Waals surface area (Å²) in [7, 11) is 0. The van der Waals surface area contributed by atoms with Crippen LogP contribution >= 0.6 is 0 Å². The molecule has 3 heterocycles. The highest BCUT2D eigenvalue weighted by molar-refractivity contribution is 6.08. The molecule has 1 amide bonds. The number of aryl methyl sites for hydroxylation is 1. The molecule has 0 radical (unpaired) electrons. The maximum Gasteiger partial charge on any atom is 0.274 e. The van der Waals surface area contributed by atoms with Crippen LogP contribution < -0.4 is 10.1 Å². The first-order valence-corrected chi connectivity index (χ1v) is 9.00. The first kappa shape index (κ1) is 17.0. The zero-order valence-corrected chi connectivity index (χ0v) is 15.3. The molecule has 6 nitrogen and oxygen atoms in total. The van der Waals surface area contributed by atoms with Crippen molar-refractivity contribution in [2.45, 2.75) is 20.3 Å². The number of pyridine rings is 2. The van der Waals surface area contributed by atoms with Gasteiger partial charge in [0, 0.05) is 17.8 Å². The number of amides is 1. The van der Waals surface area contributed by atoms with Crippen LogP contribution in [0.15, 0.2) is 54.9 Å². The van der Waals surface area contributed by atoms with E-state index in [0.717, 1.165) is 16.6 Å². The lowest BCUT2D eigenvalue weighted by Gasteiger charge is -2.09. The Hall–Kier alpha value is -3.41. The first-order valence-electron chi connectivity index (χ1n) is 9.00. The summed E-state index contributed by atoms with van der Waals surface area (Å²) in [4.78, 5) is 22.2. The largest absolute Gasteiger partial charge is 0.490 e. The number of rotatable bonds is 5. The number of fused-ring (bicyclic) bond motifs is 2. The molecule has 1 N–H and O–H groups in total. The normalized spacial score (nSPS) is 11.0. The molecule has 0 fully saturated rings. The second-order valence-electron chi connectivity index (χ2n) is 6.09. The van der Waals surface area contributed by atoms with Crippen LogP contribution in [0, 0.1) is 0 Å². The minimum Gasteiger partial charge on any atom is -0.490 e. The molecule has 6 heteroatoms. The average Bonchev–Trinajstić information content (AvgIpc) is 3.08. The second kappa shape index (κ2) is 7.07. The predicted octanol–water partition coefficient (Wildman–Crippen LogP) is 4.10. The second-order valence-corrected chi connectivity index (χ2v) is 6.09. The van der Waals surface area contributed by atoms with Crippen LogP contribution in [0.2, 0.25) is 0 Å². The number of benzene rings is 1. The summed E-state index contributed by atoms with van der Waals surface area (Å²) in [6, 6.07) is 13.3. The van der Waals surface area contributed by atoms with E-state index in [-0.39, 0.29) is 5.91 Å². The van der Waals surface area contributed by atoms with Gasteiger partial charge in [0.2, 0.25) is 0 Å². The van der Waals surface area contributed by atoms with Gasteiger partial charge in [-0.2, -0.15) is 0 Å². The Bertz CT molecular complexity index is 1130. The lowest BCUT2D eigenvalue weighted by Crippen LogP contribution is -2.16. The van der Waals surface area contributed by atoms with E-state index in [1.54, 1.807) is 10.6 Å². The Balaban J connectivity index is 1.79. The molecule has 0 atom stereocenters. The van der Waals surface area contributed by atoms with Gasteiger partial charge in [-0.3, -0.25) is 14.2 Å². The Morgan fingerprint density at radius 2 is 2.00 bits per heavy atom. The van der Waals surface area contributed by atoms with E-state index >= 15 is 0 Å². The molecule has 0 aliphatic heterocycles. The molecule has 136 valence electrons. The third-order valence-corrected chi connectivity index (χ3v) is 4.42. The van der Waals surface area contributed by atoms with Crippen LogP contribution in [0.25, 0.3) is 16.6 Å². The topological polar surface area (TPSA) is 68.5 Å². The molecule has 4 aromatic rings. The van der Waals surface area contributed by atoms with E-state index in [0.29, 0.717) is 35.8 Å². The van der Waals surface area contributed by atoms with E-state index in [4.69, 9.17) is 4.74 Å². The van der Waals surface area contributed by atoms with Gasteiger partial charge in [0.05, 0.1) is 23.5 Å². The van der Waals surface area contributed by atoms with Gasteiger partial charge in [0.25, 0.3) is 5.91 Å². The fourth-order valence-electron chi connectivity index (χ4n) is 3.23. The number of carbonyl (C=O) groups excluding carboxylic acids is 1. The molecule has 27 heavy (non-hydrogen) atoms. The maximum absolute atomic E-state index is 13.1. The Morgan fingerprint density at radius 3 is 2.81 bits per heavy atom. The zero-order chi connectivity index (χ0) is 18.8. The van der Waals surface area contributed by atoms with Crippen LogP contribution in [-0.4, -0.2) is 26.9 Å². The summed E-state index contributed by atoms with van der Waals surface area (Å²) in [5.41, 5.74) is 3.33. The summed E-state index contributed by atoms with van der Waals surface area (Å²) in [6.07, 6.45) is 4.20. The van der Waals surface area contributed by atoms with E-state index < -0.39 is 0 Å². The number of ether oxygens (including phenoxy) is 1. The van der Waals surface area contributed by atoms with Gasteiger partial charge in [-0.1, -0.05) is 25.1 Å². The van der Waals surface area contributed by atoms with Gasteiger partial charge in [-0.05, 0) is 37.6 Å². The van der Waals surface area contributed by atoms with Gasteiger partial charge in [-0.25, -0.2) is 4.98 Å². The van der Waals surface area contributed by atoms with Crippen molar-refractivity contribution in [2.75, 3.05) is 11.9 Å². The van der Waals surface area contributed by atoms with Crippen LogP contribution in [0.1, 0.15) is 30.0 Å². The number of nitrogens with one attached hydrogen (secondary N) is 1. The number of hydrogen-bond donors (Lipinski definition) is 1. The Morgan fingerprint density at radius 1 is 1.15 bits per heavy atom. The molecule has 0 aliphatic carbocycles. The highest BCUT2D eigenvalue weighted by Crippen LogP contribution is 2.25. The minimum absolute atomic E-state index is 0.217. The first-order chi connectivity index (χ1) is 13.2. The highest BCUT2D eigenvalue weighted by atomic mass is 16.5. The fourth-order valence-corrected chi connectivity index (χ4v) is 3.23. The van der Waals surface area contributed by atoms with Crippen molar-refractivity contribution in [1.29, 1.82) is 0 Å². The lowest BCUT2D eigenvalue weighted by atomic mass is 10.2. The lowest BCUT2D eigenvalue weighted by molar-refractivity contribution is 0.102. The number of para-hydroxylation sites is 1. The smallest absolute Gasteiger partial charge is 0.274 e. The Labute approximate surface area is 156 Å². The molecule has 0 bridgehead atoms. The van der Waals surface area contributed by atoms with E-state index in [1.807, 2.05) is 62.5 Å². The third-order valence-electron chi connectivity index (χ3n) is 4.42. The van der Waals surface area contributed by atoms with Gasteiger partial charge in [0.1, 0.15) is 5.69 Å². The van der Waals surface area contributed by atoms with Gasteiger partial charge >= 0.3 is 0 Å². The monoisotopic (exact) mass is 360 g/mol. The van der Waals surface area contributed by atoms with E-state index in [9.17, 15) is 4.79 Å². The zero-order valence-electron chi connectivity index (χ0n) is 15.3. The highest BCUT2D eigenvalue weighted by Gasteiger charge is 2.21. The van der Waals surface area contributed by atoms with Gasteiger partial charge in [-0.15, -0.1) is 0 Å². The van der Waals surface area contributed by atoms with Crippen molar-refractivity contribution >= 4 is 28.1 Å². The summed E-state index contributed by atoms with van der Waals surface area (Å²) >= 11 is 0. The molecule has 1 aromatic carbocycles. The Kier molecular flexibility index (Phi) is 4.46. The van der Waals surface area contributed by atoms with Crippen LogP contribution in [0.5, 0.6) is 5.75 Å². The molecular weight excluding hydrogens is 340 g/mol. The average molecular weight is 360 g/mol. The number of anilines is 1. The number of carbonyl (C=O) groups is 1. The quantitative estimate of drug-likeness (QED) is 0.582. The van der Waals surface area contributed by atoms with Crippen LogP contribution in [0.3, 0.4) is 0 Å². The van der Waals surface area contributed by atoms with Crippen LogP contribution in [0.4, 0.5) is 5.69 Å². The predicted molar refractivity (Wildman–Crippen MR) is 105 cm³/mol. The summed E-state index contributed by atoms with van der Waals surface area (Å²) < 4.78 is 7.45. The van der Waals surface area contributed by atoms with Crippen molar-refractivity contribution in [2.24, 2.45) is 0 Å². The van der Waals surface area contributed by atoms with Crippen molar-refractivity contribution in [3.8, 4) is 5.75 Å². The van der Waals surface area contributed by atoms with Crippen LogP contribution in [-0.2, 0) is 6.42 Å². The molecule has 0 spiro atoms. The number of imidazole rings is 1. The standard InChI is InChI=1S/C21H20N4O2/c1-3-15-19(25-13-7-11-17(27-4-2)20(25)23-15)21(26)24-16-10-5-8-14-9-6-12-22-18(14)16/h5-13H,3-4H2,1-2H3,(H,24,26). The molecule has 0 aliphatic rings. The minimum atomic E-state index is -0.217. The number of aromatic nitrogens is 3. The van der Waals surface area contributed by atoms with Crippen molar-refractivity contribution in [3.63, 3.8) is 0 Å². The van der Waals surface area contributed by atoms with Crippen molar-refractivity contribution in [3.05, 3.63) is 66.2 Å². The molecule has 3 aromatic heterocycles. The van der Waals surface area contributed by atoms with Gasteiger partial charge in [0.15, 0.2) is 11.4 Å². The van der Waals surface area contributed by atoms with Crippen molar-refractivity contribution < 1.29 is 9.53 Å². The van der Waals surface area contributed by atoms with Crippen molar-refractivity contribution in [1.82, 2.24) is 14.4 Å². The van der Waals surface area contributed by atoms with Gasteiger partial charge < -0.3 is 10.1 Å². The molecule has 0 saturated carbocycles. The summed E-state index contributed by atoms with van der Waals surface area (Å²) in [6.45, 7) is 4.45.